The van der Waals surface area contributed by atoms with Crippen LogP contribution in [0.1, 0.15) is 19.3 Å². The Labute approximate surface area is 195 Å². The number of nitrogens with one attached hydrogen (secondary N) is 1. The lowest BCUT2D eigenvalue weighted by molar-refractivity contribution is 0.277. The molecule has 0 spiro atoms. The van der Waals surface area contributed by atoms with Crippen molar-refractivity contribution in [3.8, 4) is 11.4 Å². The van der Waals surface area contributed by atoms with Gasteiger partial charge < -0.3 is 9.41 Å². The predicted molar refractivity (Wildman–Crippen MR) is 123 cm³/mol. The Hall–Kier alpha value is -3.68. The molecule has 0 radical (unpaired) electrons. The molecule has 1 aliphatic carbocycles. The maximum absolute atomic E-state index is 12.5. The smallest absolute Gasteiger partial charge is 0.354 e. The highest BCUT2D eigenvalue weighted by molar-refractivity contribution is 6.38. The van der Waals surface area contributed by atoms with E-state index in [1.54, 1.807) is 16.8 Å². The van der Waals surface area contributed by atoms with Gasteiger partial charge in [-0.3, -0.25) is 14.6 Å². The molecule has 0 unspecified atom stereocenters. The van der Waals surface area contributed by atoms with Crippen LogP contribution in [-0.4, -0.2) is 29.1 Å². The number of H-pyrrole nitrogens is 1. The van der Waals surface area contributed by atoms with Gasteiger partial charge >= 0.3 is 11.5 Å². The van der Waals surface area contributed by atoms with E-state index < -0.39 is 17.1 Å². The Morgan fingerprint density at radius 1 is 1.09 bits per heavy atom. The van der Waals surface area contributed by atoms with E-state index in [0.29, 0.717) is 29.2 Å². The second kappa shape index (κ2) is 8.03. The standard InChI is InChI=1S/C21H15Cl2N7O3/c1-24-19-20(32)26-21(33)29(27-19)12-7-13(22)18(14(23)8-12)30-15-5-6-17(31)28(16(15)9-25-30)10-11-3-2-4-11/h5-9,11H,2-4,10H2,(H,26,32,33). The summed E-state index contributed by atoms with van der Waals surface area (Å²) in [7, 11) is 0. The van der Waals surface area contributed by atoms with Crippen LogP contribution >= 0.6 is 23.2 Å². The highest BCUT2D eigenvalue weighted by atomic mass is 35.5. The zero-order chi connectivity index (χ0) is 23.3. The van der Waals surface area contributed by atoms with Crippen LogP contribution in [0.15, 0.2) is 44.8 Å². The number of pyridine rings is 1. The number of fused-ring (bicyclic) bond motifs is 1. The van der Waals surface area contributed by atoms with Crippen molar-refractivity contribution in [1.82, 2.24) is 29.1 Å². The van der Waals surface area contributed by atoms with Gasteiger partial charge in [-0.05, 0) is 42.1 Å². The van der Waals surface area contributed by atoms with E-state index in [9.17, 15) is 14.4 Å². The lowest BCUT2D eigenvalue weighted by Crippen LogP contribution is -2.30. The molecule has 166 valence electrons. The van der Waals surface area contributed by atoms with Gasteiger partial charge in [-0.15, -0.1) is 4.68 Å². The third-order valence-corrected chi connectivity index (χ3v) is 6.34. The van der Waals surface area contributed by atoms with Crippen molar-refractivity contribution in [3.05, 3.63) is 83.1 Å². The quantitative estimate of drug-likeness (QED) is 0.448. The number of aromatic nitrogens is 6. The molecule has 0 bridgehead atoms. The summed E-state index contributed by atoms with van der Waals surface area (Å²) in [5.41, 5.74) is 0.0338. The summed E-state index contributed by atoms with van der Waals surface area (Å²) in [6, 6.07) is 6.02. The number of hydrogen-bond donors (Lipinski definition) is 1. The van der Waals surface area contributed by atoms with Gasteiger partial charge in [-0.25, -0.2) is 9.48 Å². The second-order valence-electron chi connectivity index (χ2n) is 7.77. The first kappa shape index (κ1) is 21.2. The summed E-state index contributed by atoms with van der Waals surface area (Å²) >= 11 is 13.1. The van der Waals surface area contributed by atoms with E-state index in [4.69, 9.17) is 29.8 Å². The van der Waals surface area contributed by atoms with Crippen LogP contribution in [0.2, 0.25) is 10.0 Å². The first-order chi connectivity index (χ1) is 15.9. The zero-order valence-corrected chi connectivity index (χ0v) is 18.5. The maximum atomic E-state index is 12.5. The largest absolute Gasteiger partial charge is 0.365 e. The van der Waals surface area contributed by atoms with Gasteiger partial charge in [0.15, 0.2) is 0 Å². The fraction of sp³-hybridized carbons (Fsp3) is 0.238. The highest BCUT2D eigenvalue weighted by Gasteiger charge is 2.22. The predicted octanol–water partition coefficient (Wildman–Crippen LogP) is 3.08. The Balaban J connectivity index is 1.64. The van der Waals surface area contributed by atoms with Crippen molar-refractivity contribution in [1.29, 1.82) is 0 Å². The summed E-state index contributed by atoms with van der Waals surface area (Å²) in [5, 5.41) is 8.50. The van der Waals surface area contributed by atoms with Gasteiger partial charge in [0.2, 0.25) is 0 Å². The summed E-state index contributed by atoms with van der Waals surface area (Å²) < 4.78 is 4.09. The molecule has 1 aliphatic rings. The van der Waals surface area contributed by atoms with E-state index in [1.807, 2.05) is 4.98 Å². The molecular weight excluding hydrogens is 469 g/mol. The van der Waals surface area contributed by atoms with Gasteiger partial charge in [0.25, 0.3) is 11.1 Å². The Bertz CT molecular complexity index is 1610. The van der Waals surface area contributed by atoms with Crippen molar-refractivity contribution in [2.45, 2.75) is 25.8 Å². The molecule has 1 aromatic carbocycles. The van der Waals surface area contributed by atoms with Crippen LogP contribution < -0.4 is 16.8 Å². The molecule has 0 aliphatic heterocycles. The van der Waals surface area contributed by atoms with Crippen molar-refractivity contribution in [2.75, 3.05) is 0 Å². The molecule has 1 fully saturated rings. The van der Waals surface area contributed by atoms with Gasteiger partial charge in [-0.1, -0.05) is 36.2 Å². The third-order valence-electron chi connectivity index (χ3n) is 5.77. The zero-order valence-electron chi connectivity index (χ0n) is 17.0. The summed E-state index contributed by atoms with van der Waals surface area (Å²) in [5.74, 6) is -0.0139. The molecule has 1 saturated carbocycles. The van der Waals surface area contributed by atoms with Gasteiger partial charge in [0.1, 0.15) is 5.69 Å². The fourth-order valence-corrected chi connectivity index (χ4v) is 4.52. The van der Waals surface area contributed by atoms with Crippen LogP contribution in [-0.2, 0) is 6.54 Å². The van der Waals surface area contributed by atoms with E-state index in [-0.39, 0.29) is 21.3 Å². The minimum Gasteiger partial charge on any atom is -0.354 e. The van der Waals surface area contributed by atoms with Gasteiger partial charge in [0, 0.05) is 12.6 Å². The average Bonchev–Trinajstić information content (AvgIpc) is 3.15. The lowest BCUT2D eigenvalue weighted by atomic mass is 9.85. The lowest BCUT2D eigenvalue weighted by Gasteiger charge is -2.26. The summed E-state index contributed by atoms with van der Waals surface area (Å²) in [6.45, 7) is 7.67. The number of nitrogens with zero attached hydrogens (tertiary/aromatic N) is 6. The Morgan fingerprint density at radius 2 is 1.82 bits per heavy atom. The second-order valence-corrected chi connectivity index (χ2v) is 8.58. The fourth-order valence-electron chi connectivity index (χ4n) is 3.89. The minimum atomic E-state index is -0.879. The van der Waals surface area contributed by atoms with E-state index >= 15 is 0 Å². The first-order valence-electron chi connectivity index (χ1n) is 10.1. The molecule has 0 amide bonds. The van der Waals surface area contributed by atoms with Crippen molar-refractivity contribution in [3.63, 3.8) is 0 Å². The van der Waals surface area contributed by atoms with Crippen LogP contribution in [0.25, 0.3) is 27.3 Å². The molecule has 3 heterocycles. The molecule has 0 atom stereocenters. The molecule has 0 saturated heterocycles. The Kier molecular flexibility index (Phi) is 5.15. The van der Waals surface area contributed by atoms with Gasteiger partial charge in [-0.2, -0.15) is 5.10 Å². The summed E-state index contributed by atoms with van der Waals surface area (Å²) in [4.78, 5) is 41.4. The summed E-state index contributed by atoms with van der Waals surface area (Å²) in [6.07, 6.45) is 4.98. The average molecular weight is 484 g/mol. The van der Waals surface area contributed by atoms with E-state index in [0.717, 1.165) is 17.5 Å². The van der Waals surface area contributed by atoms with Crippen LogP contribution in [0.5, 0.6) is 0 Å². The molecule has 12 heteroatoms. The van der Waals surface area contributed by atoms with Crippen molar-refractivity contribution >= 4 is 40.1 Å². The molecule has 33 heavy (non-hydrogen) atoms. The Morgan fingerprint density at radius 3 is 2.45 bits per heavy atom. The molecule has 1 N–H and O–H groups in total. The normalized spacial score (nSPS) is 13.7. The van der Waals surface area contributed by atoms with Crippen molar-refractivity contribution in [2.24, 2.45) is 5.92 Å². The van der Waals surface area contributed by atoms with Crippen LogP contribution in [0.4, 0.5) is 5.82 Å². The molecule has 4 aromatic rings. The van der Waals surface area contributed by atoms with Crippen LogP contribution in [0, 0.1) is 12.5 Å². The molecule has 3 aromatic heterocycles. The number of rotatable bonds is 4. The van der Waals surface area contributed by atoms with E-state index in [1.165, 1.54) is 29.3 Å². The maximum Gasteiger partial charge on any atom is 0.365 e. The third kappa shape index (κ3) is 3.55. The number of benzene rings is 1. The topological polar surface area (TPSA) is 112 Å². The molecular formula is C21H15Cl2N7O3. The highest BCUT2D eigenvalue weighted by Crippen LogP contribution is 2.33. The van der Waals surface area contributed by atoms with Gasteiger partial charge in [0.05, 0.1) is 33.0 Å². The number of hydrogen-bond acceptors (Lipinski definition) is 5. The van der Waals surface area contributed by atoms with Crippen LogP contribution in [0.3, 0.4) is 0 Å². The monoisotopic (exact) mass is 483 g/mol. The first-order valence-corrected chi connectivity index (χ1v) is 10.8. The molecule has 10 nitrogen and oxygen atoms in total. The molecule has 5 rings (SSSR count). The van der Waals surface area contributed by atoms with Crippen molar-refractivity contribution < 1.29 is 0 Å². The number of halogens is 2. The SMILES string of the molecule is [C-]#[N+]c1nn(-c2cc(Cl)c(-n3ncc4c3ccc(=O)n4CC3CCC3)c(Cl)c2)c(=O)[nH]c1=O. The van der Waals surface area contributed by atoms with E-state index in [2.05, 4.69) is 15.0 Å². The number of aromatic amines is 1. The minimum absolute atomic E-state index is 0.0966.